The molecule has 1 heterocycles. The van der Waals surface area contributed by atoms with E-state index in [2.05, 4.69) is 21.8 Å². The predicted octanol–water partition coefficient (Wildman–Crippen LogP) is 1.65. The molecule has 0 aromatic carbocycles. The summed E-state index contributed by atoms with van der Waals surface area (Å²) in [6.45, 7) is 0. The van der Waals surface area contributed by atoms with E-state index < -0.39 is 0 Å². The first-order valence-electron chi connectivity index (χ1n) is 4.67. The van der Waals surface area contributed by atoms with Crippen LogP contribution in [0.25, 0.3) is 0 Å². The highest BCUT2D eigenvalue weighted by molar-refractivity contribution is 7.97. The summed E-state index contributed by atoms with van der Waals surface area (Å²) in [7, 11) is 0. The van der Waals surface area contributed by atoms with Gasteiger partial charge in [-0.1, -0.05) is 12.8 Å². The highest BCUT2D eigenvalue weighted by Crippen LogP contribution is 2.32. The smallest absolute Gasteiger partial charge is 0.155 e. The molecule has 1 aliphatic rings. The topological polar surface area (TPSA) is 43.6 Å². The van der Waals surface area contributed by atoms with Crippen LogP contribution in [0.2, 0.25) is 0 Å². The van der Waals surface area contributed by atoms with Gasteiger partial charge in [-0.05, 0) is 29.5 Å². The van der Waals surface area contributed by atoms with Gasteiger partial charge in [0.15, 0.2) is 5.82 Å². The van der Waals surface area contributed by atoms with Gasteiger partial charge >= 0.3 is 0 Å². The highest BCUT2D eigenvalue weighted by atomic mass is 32.2. The minimum Gasteiger partial charge on any atom is -0.219 e. The Morgan fingerprint density at radius 1 is 1.46 bits per heavy atom. The molecular formula is C8H14N4S. The molecule has 13 heavy (non-hydrogen) atoms. The van der Waals surface area contributed by atoms with E-state index in [-0.39, 0.29) is 0 Å². The monoisotopic (exact) mass is 198 g/mol. The number of hydrogen-bond acceptors (Lipinski definition) is 4. The number of tetrazole rings is 1. The molecule has 1 aromatic heterocycles. The van der Waals surface area contributed by atoms with Gasteiger partial charge in [-0.25, -0.2) is 4.68 Å². The minimum atomic E-state index is 0.613. The van der Waals surface area contributed by atoms with E-state index in [0.717, 1.165) is 11.7 Å². The molecule has 0 bridgehead atoms. The molecule has 4 nitrogen and oxygen atoms in total. The number of thioether (sulfide) groups is 1. The fourth-order valence-corrected chi connectivity index (χ4v) is 2.33. The molecular weight excluding hydrogens is 184 g/mol. The van der Waals surface area contributed by atoms with Crippen molar-refractivity contribution in [3.63, 3.8) is 0 Å². The van der Waals surface area contributed by atoms with Gasteiger partial charge in [0.25, 0.3) is 0 Å². The molecule has 0 aliphatic heterocycles. The van der Waals surface area contributed by atoms with Crippen LogP contribution in [0.1, 0.15) is 37.4 Å². The van der Waals surface area contributed by atoms with Crippen molar-refractivity contribution in [2.24, 2.45) is 0 Å². The first-order chi connectivity index (χ1) is 6.42. The summed E-state index contributed by atoms with van der Waals surface area (Å²) in [6.07, 6.45) is 7.25. The number of rotatable bonds is 3. The SMILES string of the molecule is CSCn1nnnc1C1CCCC1. The molecule has 1 saturated carbocycles. The maximum atomic E-state index is 4.11. The lowest BCUT2D eigenvalue weighted by atomic mass is 10.1. The molecule has 2 rings (SSSR count). The summed E-state index contributed by atoms with van der Waals surface area (Å²) >= 11 is 1.75. The van der Waals surface area contributed by atoms with Gasteiger partial charge in [-0.3, -0.25) is 0 Å². The van der Waals surface area contributed by atoms with E-state index in [1.807, 2.05) is 4.68 Å². The lowest BCUT2D eigenvalue weighted by molar-refractivity contribution is 0.593. The number of hydrogen-bond donors (Lipinski definition) is 0. The van der Waals surface area contributed by atoms with Crippen LogP contribution in [-0.2, 0) is 5.88 Å². The largest absolute Gasteiger partial charge is 0.219 e. The summed E-state index contributed by atoms with van der Waals surface area (Å²) < 4.78 is 1.93. The third-order valence-corrected chi connectivity index (χ3v) is 3.03. The van der Waals surface area contributed by atoms with Crippen molar-refractivity contribution in [2.75, 3.05) is 6.26 Å². The predicted molar refractivity (Wildman–Crippen MR) is 52.5 cm³/mol. The van der Waals surface area contributed by atoms with Crippen molar-refractivity contribution < 1.29 is 0 Å². The fraction of sp³-hybridized carbons (Fsp3) is 0.875. The quantitative estimate of drug-likeness (QED) is 0.740. The Morgan fingerprint density at radius 3 is 2.92 bits per heavy atom. The minimum absolute atomic E-state index is 0.613. The first-order valence-corrected chi connectivity index (χ1v) is 6.06. The van der Waals surface area contributed by atoms with Gasteiger partial charge in [-0.2, -0.15) is 0 Å². The average Bonchev–Trinajstić information content (AvgIpc) is 2.71. The molecule has 1 aliphatic carbocycles. The summed E-state index contributed by atoms with van der Waals surface area (Å²) in [5, 5.41) is 11.8. The first kappa shape index (κ1) is 8.99. The lowest BCUT2D eigenvalue weighted by Crippen LogP contribution is -2.06. The Kier molecular flexibility index (Phi) is 2.83. The Balaban J connectivity index is 2.13. The molecule has 0 amide bonds. The van der Waals surface area contributed by atoms with Crippen LogP contribution in [-0.4, -0.2) is 26.5 Å². The van der Waals surface area contributed by atoms with E-state index in [9.17, 15) is 0 Å². The lowest BCUT2D eigenvalue weighted by Gasteiger charge is -2.07. The second-order valence-electron chi connectivity index (χ2n) is 3.44. The van der Waals surface area contributed by atoms with Crippen molar-refractivity contribution in [2.45, 2.75) is 37.5 Å². The third-order valence-electron chi connectivity index (χ3n) is 2.53. The van der Waals surface area contributed by atoms with Crippen molar-refractivity contribution in [3.8, 4) is 0 Å². The van der Waals surface area contributed by atoms with Gasteiger partial charge in [0.05, 0.1) is 5.88 Å². The Labute approximate surface area is 82.1 Å². The van der Waals surface area contributed by atoms with Crippen LogP contribution in [0.5, 0.6) is 0 Å². The van der Waals surface area contributed by atoms with E-state index >= 15 is 0 Å². The van der Waals surface area contributed by atoms with E-state index in [4.69, 9.17) is 0 Å². The van der Waals surface area contributed by atoms with Gasteiger partial charge in [0.2, 0.25) is 0 Å². The highest BCUT2D eigenvalue weighted by Gasteiger charge is 2.22. The molecule has 1 fully saturated rings. The van der Waals surface area contributed by atoms with Crippen LogP contribution in [0, 0.1) is 0 Å². The maximum absolute atomic E-state index is 4.11. The van der Waals surface area contributed by atoms with Crippen LogP contribution in [0.3, 0.4) is 0 Å². The third kappa shape index (κ3) is 1.85. The van der Waals surface area contributed by atoms with E-state index in [1.165, 1.54) is 25.7 Å². The molecule has 0 unspecified atom stereocenters. The average molecular weight is 198 g/mol. The Hall–Kier alpha value is -0.580. The summed E-state index contributed by atoms with van der Waals surface area (Å²) in [5.74, 6) is 2.58. The molecule has 72 valence electrons. The van der Waals surface area contributed by atoms with Gasteiger partial charge < -0.3 is 0 Å². The molecule has 1 aromatic rings. The van der Waals surface area contributed by atoms with Crippen LogP contribution >= 0.6 is 11.8 Å². The molecule has 0 atom stereocenters. The van der Waals surface area contributed by atoms with Crippen LogP contribution < -0.4 is 0 Å². The molecule has 0 N–H and O–H groups in total. The van der Waals surface area contributed by atoms with Crippen molar-refractivity contribution in [1.29, 1.82) is 0 Å². The van der Waals surface area contributed by atoms with Crippen molar-refractivity contribution >= 4 is 11.8 Å². The number of aromatic nitrogens is 4. The van der Waals surface area contributed by atoms with Gasteiger partial charge in [0.1, 0.15) is 0 Å². The molecule has 0 spiro atoms. The maximum Gasteiger partial charge on any atom is 0.155 e. The van der Waals surface area contributed by atoms with E-state index in [0.29, 0.717) is 5.92 Å². The number of nitrogens with zero attached hydrogens (tertiary/aromatic N) is 4. The summed E-state index contributed by atoms with van der Waals surface area (Å²) in [4.78, 5) is 0. The summed E-state index contributed by atoms with van der Waals surface area (Å²) in [5.41, 5.74) is 0. The Morgan fingerprint density at radius 2 is 2.23 bits per heavy atom. The van der Waals surface area contributed by atoms with Gasteiger partial charge in [0, 0.05) is 5.92 Å². The Bertz CT molecular complexity index is 267. The van der Waals surface area contributed by atoms with E-state index in [1.54, 1.807) is 11.8 Å². The van der Waals surface area contributed by atoms with Gasteiger partial charge in [-0.15, -0.1) is 16.9 Å². The standard InChI is InChI=1S/C8H14N4S/c1-13-6-12-8(9-10-11-12)7-4-2-3-5-7/h7H,2-6H2,1H3. The molecule has 5 heteroatoms. The normalized spacial score (nSPS) is 18.2. The van der Waals surface area contributed by atoms with Crippen molar-refractivity contribution in [1.82, 2.24) is 20.2 Å². The van der Waals surface area contributed by atoms with Crippen LogP contribution in [0.15, 0.2) is 0 Å². The second-order valence-corrected chi connectivity index (χ2v) is 4.27. The fourth-order valence-electron chi connectivity index (χ4n) is 1.90. The zero-order valence-corrected chi connectivity index (χ0v) is 8.63. The molecule has 0 radical (unpaired) electrons. The van der Waals surface area contributed by atoms with Crippen LogP contribution in [0.4, 0.5) is 0 Å². The molecule has 0 saturated heterocycles. The summed E-state index contributed by atoms with van der Waals surface area (Å²) in [6, 6.07) is 0. The zero-order valence-electron chi connectivity index (χ0n) is 7.81. The van der Waals surface area contributed by atoms with Crippen molar-refractivity contribution in [3.05, 3.63) is 5.82 Å². The zero-order chi connectivity index (χ0) is 9.10. The second kappa shape index (κ2) is 4.09.